The lowest BCUT2D eigenvalue weighted by Crippen LogP contribution is -2.23. The molecule has 0 aliphatic carbocycles. The van der Waals surface area contributed by atoms with Gasteiger partial charge in [0.1, 0.15) is 5.75 Å². The number of phenols is 1. The van der Waals surface area contributed by atoms with Gasteiger partial charge in [-0.25, -0.2) is 13.1 Å². The van der Waals surface area contributed by atoms with Crippen molar-refractivity contribution in [2.45, 2.75) is 18.4 Å². The van der Waals surface area contributed by atoms with Crippen molar-refractivity contribution >= 4 is 10.0 Å². The summed E-state index contributed by atoms with van der Waals surface area (Å²) >= 11 is 0. The molecule has 1 aromatic carbocycles. The molecular weight excluding hydrogens is 254 g/mol. The van der Waals surface area contributed by atoms with E-state index in [1.165, 1.54) is 24.3 Å². The van der Waals surface area contributed by atoms with Crippen molar-refractivity contribution in [1.82, 2.24) is 14.9 Å². The van der Waals surface area contributed by atoms with Crippen LogP contribution in [0.4, 0.5) is 0 Å². The molecule has 18 heavy (non-hydrogen) atoms. The fraction of sp³-hybridized carbons (Fsp3) is 0.182. The monoisotopic (exact) mass is 267 g/mol. The fourth-order valence-corrected chi connectivity index (χ4v) is 2.44. The minimum atomic E-state index is -3.57. The van der Waals surface area contributed by atoms with E-state index in [0.717, 1.165) is 11.3 Å². The molecule has 0 atom stereocenters. The number of hydrogen-bond acceptors (Lipinski definition) is 4. The number of sulfonamides is 1. The van der Waals surface area contributed by atoms with Gasteiger partial charge in [0.15, 0.2) is 0 Å². The molecule has 0 radical (unpaired) electrons. The van der Waals surface area contributed by atoms with E-state index < -0.39 is 10.0 Å². The Morgan fingerprint density at radius 2 is 2.00 bits per heavy atom. The Morgan fingerprint density at radius 1 is 1.33 bits per heavy atom. The van der Waals surface area contributed by atoms with Crippen LogP contribution >= 0.6 is 0 Å². The average Bonchev–Trinajstić information content (AvgIpc) is 2.73. The minimum absolute atomic E-state index is 0.0274. The maximum Gasteiger partial charge on any atom is 0.240 e. The maximum atomic E-state index is 11.9. The van der Waals surface area contributed by atoms with Crippen LogP contribution in [0.25, 0.3) is 0 Å². The molecule has 3 N–H and O–H groups in total. The van der Waals surface area contributed by atoms with Crippen LogP contribution in [0.5, 0.6) is 5.75 Å². The molecule has 0 fully saturated rings. The van der Waals surface area contributed by atoms with Crippen LogP contribution in [-0.4, -0.2) is 23.7 Å². The number of aromatic hydroxyl groups is 1. The first-order valence-electron chi connectivity index (χ1n) is 5.26. The van der Waals surface area contributed by atoms with E-state index in [-0.39, 0.29) is 17.2 Å². The van der Waals surface area contributed by atoms with E-state index in [1.54, 1.807) is 6.20 Å². The number of benzene rings is 1. The molecule has 0 saturated carbocycles. The lowest BCUT2D eigenvalue weighted by atomic mass is 10.3. The van der Waals surface area contributed by atoms with Gasteiger partial charge in [-0.3, -0.25) is 5.10 Å². The number of nitrogens with zero attached hydrogens (tertiary/aromatic N) is 1. The number of aryl methyl sites for hydroxylation is 1. The number of rotatable bonds is 4. The molecule has 0 saturated heterocycles. The summed E-state index contributed by atoms with van der Waals surface area (Å²) in [5.41, 5.74) is 1.61. The van der Waals surface area contributed by atoms with Crippen LogP contribution in [-0.2, 0) is 16.6 Å². The predicted molar refractivity (Wildman–Crippen MR) is 65.5 cm³/mol. The summed E-state index contributed by atoms with van der Waals surface area (Å²) in [6.07, 6.45) is 1.58. The van der Waals surface area contributed by atoms with Gasteiger partial charge in [0.25, 0.3) is 0 Å². The lowest BCUT2D eigenvalue weighted by Gasteiger charge is -2.06. The zero-order chi connectivity index (χ0) is 13.2. The van der Waals surface area contributed by atoms with Crippen molar-refractivity contribution in [3.05, 3.63) is 41.7 Å². The first-order valence-corrected chi connectivity index (χ1v) is 6.75. The Balaban J connectivity index is 2.13. The molecule has 0 aliphatic heterocycles. The van der Waals surface area contributed by atoms with E-state index in [2.05, 4.69) is 14.9 Å². The number of phenolic OH excluding ortho intramolecular Hbond substituents is 1. The SMILES string of the molecule is Cc1[nH]ncc1CNS(=O)(=O)c1ccc(O)cc1. The maximum absolute atomic E-state index is 11.9. The highest BCUT2D eigenvalue weighted by molar-refractivity contribution is 7.89. The fourth-order valence-electron chi connectivity index (χ4n) is 1.44. The number of aromatic amines is 1. The van der Waals surface area contributed by atoms with Crippen molar-refractivity contribution in [1.29, 1.82) is 0 Å². The first-order chi connectivity index (χ1) is 8.49. The van der Waals surface area contributed by atoms with Gasteiger partial charge in [0.2, 0.25) is 10.0 Å². The van der Waals surface area contributed by atoms with Gasteiger partial charge < -0.3 is 5.11 Å². The lowest BCUT2D eigenvalue weighted by molar-refractivity contribution is 0.474. The van der Waals surface area contributed by atoms with Gasteiger partial charge in [-0.2, -0.15) is 5.10 Å². The van der Waals surface area contributed by atoms with Gasteiger partial charge in [-0.05, 0) is 31.2 Å². The number of nitrogens with one attached hydrogen (secondary N) is 2. The van der Waals surface area contributed by atoms with E-state index in [0.29, 0.717) is 0 Å². The molecule has 0 amide bonds. The molecule has 2 aromatic rings. The summed E-state index contributed by atoms with van der Waals surface area (Å²) in [6, 6.07) is 5.36. The van der Waals surface area contributed by atoms with Crippen molar-refractivity contribution in [2.24, 2.45) is 0 Å². The second-order valence-electron chi connectivity index (χ2n) is 3.84. The molecule has 0 bridgehead atoms. The molecule has 6 nitrogen and oxygen atoms in total. The first kappa shape index (κ1) is 12.6. The molecular formula is C11H13N3O3S. The molecule has 0 aliphatic rings. The van der Waals surface area contributed by atoms with Gasteiger partial charge in [0, 0.05) is 17.8 Å². The molecule has 0 spiro atoms. The van der Waals surface area contributed by atoms with E-state index in [4.69, 9.17) is 5.11 Å². The highest BCUT2D eigenvalue weighted by Crippen LogP contribution is 2.14. The second-order valence-corrected chi connectivity index (χ2v) is 5.61. The highest BCUT2D eigenvalue weighted by atomic mass is 32.2. The Morgan fingerprint density at radius 3 is 2.56 bits per heavy atom. The molecule has 1 heterocycles. The highest BCUT2D eigenvalue weighted by Gasteiger charge is 2.14. The van der Waals surface area contributed by atoms with Gasteiger partial charge in [-0.1, -0.05) is 0 Å². The van der Waals surface area contributed by atoms with Crippen molar-refractivity contribution < 1.29 is 13.5 Å². The summed E-state index contributed by atoms with van der Waals surface area (Å²) < 4.78 is 26.3. The summed E-state index contributed by atoms with van der Waals surface area (Å²) in [7, 11) is -3.57. The Kier molecular flexibility index (Phi) is 3.35. The number of aromatic nitrogens is 2. The third kappa shape index (κ3) is 2.69. The molecule has 1 aromatic heterocycles. The van der Waals surface area contributed by atoms with Crippen LogP contribution < -0.4 is 4.72 Å². The van der Waals surface area contributed by atoms with Crippen molar-refractivity contribution in [2.75, 3.05) is 0 Å². The topological polar surface area (TPSA) is 95.1 Å². The summed E-state index contributed by atoms with van der Waals surface area (Å²) in [6.45, 7) is 1.99. The van der Waals surface area contributed by atoms with Gasteiger partial charge in [-0.15, -0.1) is 0 Å². The average molecular weight is 267 g/mol. The Hall–Kier alpha value is -1.86. The van der Waals surface area contributed by atoms with Crippen LogP contribution in [0.2, 0.25) is 0 Å². The summed E-state index contributed by atoms with van der Waals surface area (Å²) in [5, 5.41) is 15.7. The van der Waals surface area contributed by atoms with E-state index in [1.807, 2.05) is 6.92 Å². The van der Waals surface area contributed by atoms with Gasteiger partial charge >= 0.3 is 0 Å². The van der Waals surface area contributed by atoms with Crippen LogP contribution in [0.1, 0.15) is 11.3 Å². The van der Waals surface area contributed by atoms with Crippen LogP contribution in [0.15, 0.2) is 35.4 Å². The Bertz CT molecular complexity index is 632. The quantitative estimate of drug-likeness (QED) is 0.767. The molecule has 96 valence electrons. The standard InChI is InChI=1S/C11H13N3O3S/c1-8-9(6-12-14-8)7-13-18(16,17)11-4-2-10(15)3-5-11/h2-6,13,15H,7H2,1H3,(H,12,14). The molecule has 2 rings (SSSR count). The van der Waals surface area contributed by atoms with Crippen LogP contribution in [0, 0.1) is 6.92 Å². The normalized spacial score (nSPS) is 11.6. The summed E-state index contributed by atoms with van der Waals surface area (Å²) in [5.74, 6) is 0.0274. The van der Waals surface area contributed by atoms with Crippen LogP contribution in [0.3, 0.4) is 0 Å². The predicted octanol–water partition coefficient (Wildman–Crippen LogP) is 0.902. The Labute approximate surface area is 105 Å². The zero-order valence-corrected chi connectivity index (χ0v) is 10.5. The number of hydrogen-bond donors (Lipinski definition) is 3. The smallest absolute Gasteiger partial charge is 0.240 e. The third-order valence-electron chi connectivity index (χ3n) is 2.53. The third-order valence-corrected chi connectivity index (χ3v) is 3.95. The molecule has 7 heteroatoms. The van der Waals surface area contributed by atoms with Gasteiger partial charge in [0.05, 0.1) is 11.1 Å². The van der Waals surface area contributed by atoms with E-state index in [9.17, 15) is 8.42 Å². The summed E-state index contributed by atoms with van der Waals surface area (Å²) in [4.78, 5) is 0.112. The van der Waals surface area contributed by atoms with Crippen molar-refractivity contribution in [3.8, 4) is 5.75 Å². The largest absolute Gasteiger partial charge is 0.508 e. The van der Waals surface area contributed by atoms with E-state index >= 15 is 0 Å². The zero-order valence-electron chi connectivity index (χ0n) is 9.71. The minimum Gasteiger partial charge on any atom is -0.508 e. The molecule has 0 unspecified atom stereocenters. The van der Waals surface area contributed by atoms with Crippen molar-refractivity contribution in [3.63, 3.8) is 0 Å². The number of H-pyrrole nitrogens is 1. The second kappa shape index (κ2) is 4.79.